The quantitative estimate of drug-likeness (QED) is 0.887. The Hall–Kier alpha value is -1.29. The van der Waals surface area contributed by atoms with Gasteiger partial charge in [0.15, 0.2) is 0 Å². The highest BCUT2D eigenvalue weighted by Gasteiger charge is 2.23. The van der Waals surface area contributed by atoms with Crippen LogP contribution in [0.1, 0.15) is 33.1 Å². The van der Waals surface area contributed by atoms with Crippen LogP contribution in [0.5, 0.6) is 0 Å². The lowest BCUT2D eigenvalue weighted by Gasteiger charge is -2.39. The summed E-state index contributed by atoms with van der Waals surface area (Å²) in [5.74, 6) is 0. The van der Waals surface area contributed by atoms with Gasteiger partial charge < -0.3 is 10.3 Å². The Labute approximate surface area is 108 Å². The Morgan fingerprint density at radius 2 is 1.89 bits per heavy atom. The average molecular weight is 249 g/mol. The number of nitrogens with two attached hydrogens (primary N) is 1. The van der Waals surface area contributed by atoms with Gasteiger partial charge in [0.25, 0.3) is 5.56 Å². The minimum absolute atomic E-state index is 0.0292. The van der Waals surface area contributed by atoms with Crippen molar-refractivity contribution < 1.29 is 0 Å². The van der Waals surface area contributed by atoms with E-state index >= 15 is 0 Å². The van der Waals surface area contributed by atoms with Crippen LogP contribution in [0.3, 0.4) is 0 Å². The van der Waals surface area contributed by atoms with Crippen LogP contribution in [-0.4, -0.2) is 28.1 Å². The summed E-state index contributed by atoms with van der Waals surface area (Å²) in [6, 6.07) is 4.43. The Morgan fingerprint density at radius 1 is 1.22 bits per heavy atom. The van der Waals surface area contributed by atoms with Crippen LogP contribution in [0.25, 0.3) is 0 Å². The fourth-order valence-electron chi connectivity index (χ4n) is 2.86. The molecule has 1 aliphatic rings. The molecule has 2 atom stereocenters. The van der Waals surface area contributed by atoms with Crippen molar-refractivity contribution in [1.82, 2.24) is 9.47 Å². The molecule has 2 unspecified atom stereocenters. The highest BCUT2D eigenvalue weighted by Crippen LogP contribution is 2.21. The van der Waals surface area contributed by atoms with Gasteiger partial charge in [-0.25, -0.2) is 0 Å². The third-order valence-corrected chi connectivity index (χ3v) is 3.98. The van der Waals surface area contributed by atoms with Crippen LogP contribution in [0.4, 0.5) is 5.69 Å². The summed E-state index contributed by atoms with van der Waals surface area (Å²) in [4.78, 5) is 14.2. The molecule has 0 bridgehead atoms. The third-order valence-electron chi connectivity index (χ3n) is 3.98. The largest absolute Gasteiger partial charge is 0.398 e. The van der Waals surface area contributed by atoms with Crippen LogP contribution in [-0.2, 0) is 6.54 Å². The Morgan fingerprint density at radius 3 is 2.56 bits per heavy atom. The van der Waals surface area contributed by atoms with E-state index in [4.69, 9.17) is 5.73 Å². The highest BCUT2D eigenvalue weighted by molar-refractivity contribution is 5.33. The molecule has 1 aliphatic heterocycles. The van der Waals surface area contributed by atoms with Gasteiger partial charge in [-0.2, -0.15) is 0 Å². The molecule has 2 heterocycles. The molecular weight excluding hydrogens is 226 g/mol. The first-order valence-electron chi connectivity index (χ1n) is 6.79. The maximum absolute atomic E-state index is 11.7. The summed E-state index contributed by atoms with van der Waals surface area (Å²) in [7, 11) is 0. The topological polar surface area (TPSA) is 51.3 Å². The number of pyridine rings is 1. The van der Waals surface area contributed by atoms with E-state index in [0.717, 1.165) is 13.1 Å². The molecule has 2 rings (SSSR count). The third kappa shape index (κ3) is 2.93. The Bertz CT molecular complexity index is 445. The van der Waals surface area contributed by atoms with Gasteiger partial charge in [0.05, 0.1) is 0 Å². The summed E-state index contributed by atoms with van der Waals surface area (Å²) in [6.07, 6.45) is 5.57. The standard InChI is InChI=1S/C14H23N3O/c1-11-4-3-5-12(2)17(11)9-8-16-10-13(15)6-7-14(16)18/h6-7,10-12H,3-5,8-9,15H2,1-2H3. The van der Waals surface area contributed by atoms with Crippen molar-refractivity contribution in [2.24, 2.45) is 0 Å². The minimum Gasteiger partial charge on any atom is -0.398 e. The number of anilines is 1. The van der Waals surface area contributed by atoms with Crippen molar-refractivity contribution in [2.75, 3.05) is 12.3 Å². The van der Waals surface area contributed by atoms with Crippen LogP contribution in [0, 0.1) is 0 Å². The zero-order valence-electron chi connectivity index (χ0n) is 11.3. The van der Waals surface area contributed by atoms with Gasteiger partial charge in [-0.15, -0.1) is 0 Å². The van der Waals surface area contributed by atoms with E-state index in [2.05, 4.69) is 18.7 Å². The Balaban J connectivity index is 2.02. The second-order valence-electron chi connectivity index (χ2n) is 5.36. The van der Waals surface area contributed by atoms with Gasteiger partial charge in [0.1, 0.15) is 0 Å². The molecule has 0 aromatic carbocycles. The molecule has 1 aromatic rings. The smallest absolute Gasteiger partial charge is 0.250 e. The molecule has 4 heteroatoms. The number of piperidine rings is 1. The van der Waals surface area contributed by atoms with Crippen LogP contribution in [0.2, 0.25) is 0 Å². The van der Waals surface area contributed by atoms with E-state index < -0.39 is 0 Å². The maximum atomic E-state index is 11.7. The van der Waals surface area contributed by atoms with Crippen molar-refractivity contribution in [3.63, 3.8) is 0 Å². The van der Waals surface area contributed by atoms with Crippen molar-refractivity contribution >= 4 is 5.69 Å². The zero-order valence-corrected chi connectivity index (χ0v) is 11.3. The fourth-order valence-corrected chi connectivity index (χ4v) is 2.86. The molecule has 0 amide bonds. The Kier molecular flexibility index (Phi) is 4.07. The first-order valence-corrected chi connectivity index (χ1v) is 6.79. The number of hydrogen-bond donors (Lipinski definition) is 1. The second-order valence-corrected chi connectivity index (χ2v) is 5.36. The molecule has 0 radical (unpaired) electrons. The molecule has 0 aliphatic carbocycles. The first-order chi connectivity index (χ1) is 8.58. The fraction of sp³-hybridized carbons (Fsp3) is 0.643. The molecule has 2 N–H and O–H groups in total. The second kappa shape index (κ2) is 5.57. The first kappa shape index (κ1) is 13.1. The molecular formula is C14H23N3O. The monoisotopic (exact) mass is 249 g/mol. The van der Waals surface area contributed by atoms with Crippen molar-refractivity contribution in [3.8, 4) is 0 Å². The van der Waals surface area contributed by atoms with Gasteiger partial charge in [-0.3, -0.25) is 9.69 Å². The molecule has 18 heavy (non-hydrogen) atoms. The van der Waals surface area contributed by atoms with Gasteiger partial charge in [-0.05, 0) is 32.8 Å². The number of likely N-dealkylation sites (tertiary alicyclic amines) is 1. The number of hydrogen-bond acceptors (Lipinski definition) is 3. The van der Waals surface area contributed by atoms with Crippen molar-refractivity contribution in [2.45, 2.75) is 51.7 Å². The minimum atomic E-state index is 0.0292. The van der Waals surface area contributed by atoms with E-state index in [1.807, 2.05) is 0 Å². The SMILES string of the molecule is CC1CCCC(C)N1CCn1cc(N)ccc1=O. The van der Waals surface area contributed by atoms with E-state index in [-0.39, 0.29) is 5.56 Å². The normalized spacial score (nSPS) is 25.2. The summed E-state index contributed by atoms with van der Waals surface area (Å²) in [5, 5.41) is 0. The van der Waals surface area contributed by atoms with E-state index in [1.54, 1.807) is 22.9 Å². The number of nitrogen functional groups attached to an aromatic ring is 1. The number of aromatic nitrogens is 1. The highest BCUT2D eigenvalue weighted by atomic mass is 16.1. The summed E-state index contributed by atoms with van der Waals surface area (Å²) >= 11 is 0. The molecule has 4 nitrogen and oxygen atoms in total. The average Bonchev–Trinajstić information content (AvgIpc) is 2.33. The van der Waals surface area contributed by atoms with E-state index in [9.17, 15) is 4.79 Å². The van der Waals surface area contributed by atoms with E-state index in [0.29, 0.717) is 17.8 Å². The van der Waals surface area contributed by atoms with Gasteiger partial charge in [-0.1, -0.05) is 6.42 Å². The van der Waals surface area contributed by atoms with Crippen molar-refractivity contribution in [1.29, 1.82) is 0 Å². The predicted octanol–water partition coefficient (Wildman–Crippen LogP) is 1.69. The van der Waals surface area contributed by atoms with Crippen LogP contribution >= 0.6 is 0 Å². The van der Waals surface area contributed by atoms with Gasteiger partial charge in [0.2, 0.25) is 0 Å². The summed E-state index contributed by atoms with van der Waals surface area (Å²) in [6.45, 7) is 6.19. The summed E-state index contributed by atoms with van der Waals surface area (Å²) in [5.41, 5.74) is 6.39. The summed E-state index contributed by atoms with van der Waals surface area (Å²) < 4.78 is 1.71. The molecule has 1 saturated heterocycles. The number of rotatable bonds is 3. The zero-order chi connectivity index (χ0) is 13.1. The van der Waals surface area contributed by atoms with Crippen LogP contribution < -0.4 is 11.3 Å². The van der Waals surface area contributed by atoms with Gasteiger partial charge in [0, 0.05) is 43.1 Å². The van der Waals surface area contributed by atoms with E-state index in [1.165, 1.54) is 19.3 Å². The lowest BCUT2D eigenvalue weighted by molar-refractivity contribution is 0.0988. The number of nitrogens with zero attached hydrogens (tertiary/aromatic N) is 2. The molecule has 100 valence electrons. The lowest BCUT2D eigenvalue weighted by Crippen LogP contribution is -2.45. The predicted molar refractivity (Wildman–Crippen MR) is 74.6 cm³/mol. The molecule has 1 fully saturated rings. The lowest BCUT2D eigenvalue weighted by atomic mass is 9.98. The van der Waals surface area contributed by atoms with Crippen LogP contribution in [0.15, 0.2) is 23.1 Å². The maximum Gasteiger partial charge on any atom is 0.250 e. The molecule has 1 aromatic heterocycles. The molecule has 0 spiro atoms. The molecule has 0 saturated carbocycles. The van der Waals surface area contributed by atoms with Gasteiger partial charge >= 0.3 is 0 Å². The van der Waals surface area contributed by atoms with Crippen molar-refractivity contribution in [3.05, 3.63) is 28.7 Å².